The Morgan fingerprint density at radius 2 is 2.33 bits per heavy atom. The Balaban J connectivity index is 2.14. The molecule has 0 saturated heterocycles. The van der Waals surface area contributed by atoms with Crippen LogP contribution in [0.2, 0.25) is 0 Å². The number of hydrogen-bond donors (Lipinski definition) is 3. The summed E-state index contributed by atoms with van der Waals surface area (Å²) in [6, 6.07) is 0. The summed E-state index contributed by atoms with van der Waals surface area (Å²) >= 11 is 1.50. The maximum Gasteiger partial charge on any atom is 0.223 e. The van der Waals surface area contributed by atoms with Crippen molar-refractivity contribution in [1.29, 1.82) is 0 Å². The normalized spacial score (nSPS) is 14.3. The molecule has 0 saturated carbocycles. The Morgan fingerprint density at radius 1 is 1.50 bits per heavy atom. The number of H-pyrrole nitrogens is 1. The van der Waals surface area contributed by atoms with Crippen molar-refractivity contribution >= 4 is 40.7 Å². The second-order valence-corrected chi connectivity index (χ2v) is 4.92. The highest BCUT2D eigenvalue weighted by Crippen LogP contribution is 2.33. The van der Waals surface area contributed by atoms with Crippen molar-refractivity contribution in [2.24, 2.45) is 5.73 Å². The average molecular weight is 262 g/mol. The SMILES string of the molecule is NC(=O)CC1=Cc2n[nH]c3nc(N)nc(c23)SC1. The molecule has 2 aromatic heterocycles. The molecule has 3 rings (SSSR count). The number of anilines is 1. The van der Waals surface area contributed by atoms with Gasteiger partial charge in [0.25, 0.3) is 0 Å². The molecule has 0 fully saturated rings. The van der Waals surface area contributed by atoms with Crippen molar-refractivity contribution in [2.75, 3.05) is 11.5 Å². The van der Waals surface area contributed by atoms with Gasteiger partial charge in [-0.1, -0.05) is 0 Å². The Labute approximate surface area is 106 Å². The van der Waals surface area contributed by atoms with Crippen molar-refractivity contribution in [3.63, 3.8) is 0 Å². The molecule has 3 heterocycles. The molecular weight excluding hydrogens is 252 g/mol. The lowest BCUT2D eigenvalue weighted by Gasteiger charge is -2.02. The van der Waals surface area contributed by atoms with Gasteiger partial charge >= 0.3 is 0 Å². The zero-order chi connectivity index (χ0) is 12.7. The van der Waals surface area contributed by atoms with Crippen LogP contribution in [0.25, 0.3) is 17.1 Å². The molecule has 0 aromatic carbocycles. The molecule has 1 aliphatic heterocycles. The van der Waals surface area contributed by atoms with Crippen LogP contribution in [0.15, 0.2) is 10.6 Å². The lowest BCUT2D eigenvalue weighted by atomic mass is 10.1. The summed E-state index contributed by atoms with van der Waals surface area (Å²) in [5.74, 6) is 0.494. The fourth-order valence-corrected chi connectivity index (χ4v) is 2.88. The van der Waals surface area contributed by atoms with E-state index in [2.05, 4.69) is 20.2 Å². The van der Waals surface area contributed by atoms with Gasteiger partial charge in [-0.15, -0.1) is 11.8 Å². The van der Waals surface area contributed by atoms with Gasteiger partial charge in [0, 0.05) is 12.2 Å². The van der Waals surface area contributed by atoms with E-state index >= 15 is 0 Å². The van der Waals surface area contributed by atoms with E-state index in [1.54, 1.807) is 0 Å². The Morgan fingerprint density at radius 3 is 3.11 bits per heavy atom. The van der Waals surface area contributed by atoms with Crippen LogP contribution in [0.4, 0.5) is 5.95 Å². The van der Waals surface area contributed by atoms with Gasteiger partial charge in [0.1, 0.15) is 5.03 Å². The summed E-state index contributed by atoms with van der Waals surface area (Å²) < 4.78 is 0. The number of nitrogens with two attached hydrogens (primary N) is 2. The van der Waals surface area contributed by atoms with Crippen LogP contribution in [0.3, 0.4) is 0 Å². The predicted molar refractivity (Wildman–Crippen MR) is 68.6 cm³/mol. The van der Waals surface area contributed by atoms with Gasteiger partial charge in [0.15, 0.2) is 5.65 Å². The summed E-state index contributed by atoms with van der Waals surface area (Å²) in [5.41, 5.74) is 13.1. The molecule has 18 heavy (non-hydrogen) atoms. The van der Waals surface area contributed by atoms with Gasteiger partial charge in [0.05, 0.1) is 11.1 Å². The van der Waals surface area contributed by atoms with E-state index in [4.69, 9.17) is 11.5 Å². The highest BCUT2D eigenvalue weighted by molar-refractivity contribution is 7.99. The number of nitrogens with zero attached hydrogens (tertiary/aromatic N) is 3. The topological polar surface area (TPSA) is 124 Å². The van der Waals surface area contributed by atoms with Gasteiger partial charge in [-0.3, -0.25) is 9.89 Å². The van der Waals surface area contributed by atoms with Crippen molar-refractivity contribution < 1.29 is 4.79 Å². The van der Waals surface area contributed by atoms with E-state index in [9.17, 15) is 4.79 Å². The molecule has 7 nitrogen and oxygen atoms in total. The molecule has 2 aromatic rings. The van der Waals surface area contributed by atoms with Gasteiger partial charge in [0.2, 0.25) is 11.9 Å². The minimum Gasteiger partial charge on any atom is -0.369 e. The standard InChI is InChI=1S/C10H10N6OS/c11-6(17)2-4-1-5-7-8(16-15-5)13-10(12)14-9(7)18-3-4/h1H,2-3H2,(H2,11,17)(H3,12,13,14,15,16). The van der Waals surface area contributed by atoms with Crippen LogP contribution in [0, 0.1) is 0 Å². The summed E-state index contributed by atoms with van der Waals surface area (Å²) in [6.45, 7) is 0. The smallest absolute Gasteiger partial charge is 0.223 e. The zero-order valence-corrected chi connectivity index (χ0v) is 10.1. The number of primary amides is 1. The monoisotopic (exact) mass is 262 g/mol. The number of hydrogen-bond acceptors (Lipinski definition) is 6. The Bertz CT molecular complexity index is 676. The Hall–Kier alpha value is -2.09. The van der Waals surface area contributed by atoms with Gasteiger partial charge in [-0.05, 0) is 11.6 Å². The van der Waals surface area contributed by atoms with Gasteiger partial charge in [-0.2, -0.15) is 10.1 Å². The van der Waals surface area contributed by atoms with Crippen LogP contribution in [-0.4, -0.2) is 31.8 Å². The fraction of sp³-hybridized carbons (Fsp3) is 0.200. The lowest BCUT2D eigenvalue weighted by Crippen LogP contribution is -2.11. The average Bonchev–Trinajstić information content (AvgIpc) is 2.59. The summed E-state index contributed by atoms with van der Waals surface area (Å²) in [4.78, 5) is 19.3. The molecular formula is C10H10N6OS. The summed E-state index contributed by atoms with van der Waals surface area (Å²) in [6.07, 6.45) is 2.07. The van der Waals surface area contributed by atoms with Crippen LogP contribution in [-0.2, 0) is 4.79 Å². The molecule has 0 aliphatic carbocycles. The van der Waals surface area contributed by atoms with Crippen LogP contribution in [0.5, 0.6) is 0 Å². The third kappa shape index (κ3) is 1.80. The van der Waals surface area contributed by atoms with Crippen LogP contribution in [0.1, 0.15) is 12.1 Å². The first kappa shape index (κ1) is 11.0. The highest BCUT2D eigenvalue weighted by atomic mass is 32.2. The molecule has 5 N–H and O–H groups in total. The third-order valence-corrected chi connectivity index (χ3v) is 3.65. The van der Waals surface area contributed by atoms with Crippen LogP contribution < -0.4 is 11.5 Å². The molecule has 1 amide bonds. The molecule has 0 unspecified atom stereocenters. The molecule has 92 valence electrons. The maximum atomic E-state index is 11.0. The number of nitrogens with one attached hydrogen (secondary N) is 1. The number of thioether (sulfide) groups is 1. The van der Waals surface area contributed by atoms with E-state index in [-0.39, 0.29) is 18.3 Å². The quantitative estimate of drug-likeness (QED) is 0.669. The van der Waals surface area contributed by atoms with E-state index in [0.29, 0.717) is 11.4 Å². The second-order valence-electron chi connectivity index (χ2n) is 3.95. The third-order valence-electron chi connectivity index (χ3n) is 2.57. The van der Waals surface area contributed by atoms with Crippen molar-refractivity contribution in [3.05, 3.63) is 11.3 Å². The van der Waals surface area contributed by atoms with E-state index in [1.807, 2.05) is 6.08 Å². The van der Waals surface area contributed by atoms with E-state index < -0.39 is 0 Å². The number of amides is 1. The molecule has 0 atom stereocenters. The highest BCUT2D eigenvalue weighted by Gasteiger charge is 2.18. The largest absolute Gasteiger partial charge is 0.369 e. The first-order chi connectivity index (χ1) is 8.63. The predicted octanol–water partition coefficient (Wildman–Crippen LogP) is 0.300. The minimum absolute atomic E-state index is 0.207. The maximum absolute atomic E-state index is 11.0. The summed E-state index contributed by atoms with van der Waals surface area (Å²) in [7, 11) is 0. The Kier molecular flexibility index (Phi) is 2.44. The fourth-order valence-electron chi connectivity index (χ4n) is 1.87. The van der Waals surface area contributed by atoms with Crippen molar-refractivity contribution in [1.82, 2.24) is 20.2 Å². The second kappa shape index (κ2) is 3.98. The number of carbonyl (C=O) groups is 1. The van der Waals surface area contributed by atoms with Crippen molar-refractivity contribution in [3.8, 4) is 0 Å². The molecule has 8 heteroatoms. The van der Waals surface area contributed by atoms with Crippen LogP contribution >= 0.6 is 11.8 Å². The first-order valence-corrected chi connectivity index (χ1v) is 6.24. The number of carbonyl (C=O) groups excluding carboxylic acids is 1. The number of nitrogen functional groups attached to an aromatic ring is 1. The number of aromatic nitrogens is 4. The molecule has 0 radical (unpaired) electrons. The van der Waals surface area contributed by atoms with Gasteiger partial charge < -0.3 is 11.5 Å². The molecule has 0 bridgehead atoms. The van der Waals surface area contributed by atoms with Crippen molar-refractivity contribution in [2.45, 2.75) is 11.4 Å². The number of rotatable bonds is 2. The molecule has 1 aliphatic rings. The molecule has 0 spiro atoms. The zero-order valence-electron chi connectivity index (χ0n) is 9.30. The van der Waals surface area contributed by atoms with Gasteiger partial charge in [-0.25, -0.2) is 4.98 Å². The number of aromatic amines is 1. The summed E-state index contributed by atoms with van der Waals surface area (Å²) in [5, 5.41) is 8.58. The first-order valence-electron chi connectivity index (χ1n) is 5.25. The van der Waals surface area contributed by atoms with E-state index in [1.165, 1.54) is 11.8 Å². The minimum atomic E-state index is -0.356. The van der Waals surface area contributed by atoms with E-state index in [0.717, 1.165) is 21.7 Å². The lowest BCUT2D eigenvalue weighted by molar-refractivity contribution is -0.117.